The van der Waals surface area contributed by atoms with Crippen molar-refractivity contribution in [3.63, 3.8) is 0 Å². The van der Waals surface area contributed by atoms with E-state index in [1.807, 2.05) is 20.8 Å². The summed E-state index contributed by atoms with van der Waals surface area (Å²) < 4.78 is 18.7. The van der Waals surface area contributed by atoms with Gasteiger partial charge in [0.1, 0.15) is 17.2 Å². The number of ether oxygens (including phenoxy) is 1. The molecule has 0 radical (unpaired) electrons. The number of hydrogen-bond donors (Lipinski definition) is 0. The first-order chi connectivity index (χ1) is 14.4. The molecule has 0 saturated carbocycles. The molecular weight excluding hydrogens is 401 g/mol. The van der Waals surface area contributed by atoms with Crippen LogP contribution in [0.15, 0.2) is 47.8 Å². The van der Waals surface area contributed by atoms with E-state index in [-0.39, 0.29) is 28.9 Å². The minimum absolute atomic E-state index is 0.0822. The Morgan fingerprint density at radius 3 is 2.23 bits per heavy atom. The fourth-order valence-electron chi connectivity index (χ4n) is 2.85. The Bertz CT molecular complexity index is 939. The first kappa shape index (κ1) is 24.1. The Labute approximate surface area is 181 Å². The van der Waals surface area contributed by atoms with Gasteiger partial charge >= 0.3 is 6.09 Å². The number of anilines is 1. The fourth-order valence-corrected chi connectivity index (χ4v) is 2.85. The minimum atomic E-state index is -1.36. The van der Waals surface area contributed by atoms with Crippen molar-refractivity contribution in [3.05, 3.63) is 64.4 Å². The number of ketones is 1. The predicted octanol–water partition coefficient (Wildman–Crippen LogP) is 5.70. The topological polar surface area (TPSA) is 88.9 Å². The number of nitroso groups, excluding NO2 is 1. The number of hydrogen-bond acceptors (Lipinski definition) is 6. The van der Waals surface area contributed by atoms with E-state index in [2.05, 4.69) is 10.2 Å². The highest BCUT2D eigenvalue weighted by Crippen LogP contribution is 2.28. The Morgan fingerprint density at radius 2 is 1.71 bits per heavy atom. The highest BCUT2D eigenvalue weighted by atomic mass is 19.1. The van der Waals surface area contributed by atoms with Crippen molar-refractivity contribution in [1.82, 2.24) is 4.98 Å². The van der Waals surface area contributed by atoms with Gasteiger partial charge in [-0.3, -0.25) is 9.69 Å². The van der Waals surface area contributed by atoms with Crippen LogP contribution in [0.25, 0.3) is 0 Å². The van der Waals surface area contributed by atoms with Gasteiger partial charge in [0, 0.05) is 17.8 Å². The second kappa shape index (κ2) is 9.76. The summed E-state index contributed by atoms with van der Waals surface area (Å²) in [6, 6.07) is 6.22. The molecule has 2 atom stereocenters. The van der Waals surface area contributed by atoms with E-state index in [9.17, 15) is 18.9 Å². The molecule has 1 amide bonds. The Hall–Kier alpha value is -3.16. The highest BCUT2D eigenvalue weighted by molar-refractivity contribution is 6.01. The maximum absolute atomic E-state index is 13.2. The first-order valence-corrected chi connectivity index (χ1v) is 10.0. The summed E-state index contributed by atoms with van der Waals surface area (Å²) in [5, 5.41) is 2.99. The summed E-state index contributed by atoms with van der Waals surface area (Å²) in [6.45, 7) is 11.1. The summed E-state index contributed by atoms with van der Waals surface area (Å²) >= 11 is 0. The third-order valence-corrected chi connectivity index (χ3v) is 4.78. The van der Waals surface area contributed by atoms with Crippen molar-refractivity contribution in [2.75, 3.05) is 4.90 Å². The predicted molar refractivity (Wildman–Crippen MR) is 117 cm³/mol. The first-order valence-electron chi connectivity index (χ1n) is 10.0. The van der Waals surface area contributed by atoms with Crippen LogP contribution in [0.5, 0.6) is 0 Å². The van der Waals surface area contributed by atoms with Crippen LogP contribution >= 0.6 is 0 Å². The highest BCUT2D eigenvalue weighted by Gasteiger charge is 2.31. The molecule has 0 spiro atoms. The molecule has 2 rings (SSSR count). The fraction of sp³-hybridized carbons (Fsp3) is 0.435. The van der Waals surface area contributed by atoms with E-state index in [0.717, 1.165) is 12.1 Å². The molecule has 0 fully saturated rings. The van der Waals surface area contributed by atoms with Gasteiger partial charge in [0.2, 0.25) is 0 Å². The number of carbonyl (C=O) groups excluding carboxylic acids is 2. The SMILES string of the molecule is CC(C)C(C)N(C(=O)OC(C)(C)C)c1cc(C(N=O)C(=O)c2ccc(F)cc2)ccn1. The van der Waals surface area contributed by atoms with E-state index in [0.29, 0.717) is 0 Å². The Balaban J connectivity index is 2.45. The molecule has 0 N–H and O–H groups in total. The summed E-state index contributed by atoms with van der Waals surface area (Å²) in [5.74, 6) is -0.741. The quantitative estimate of drug-likeness (QED) is 0.416. The van der Waals surface area contributed by atoms with Crippen LogP contribution in [0.4, 0.5) is 15.0 Å². The van der Waals surface area contributed by atoms with E-state index in [1.165, 1.54) is 35.4 Å². The lowest BCUT2D eigenvalue weighted by Gasteiger charge is -2.33. The number of carbonyl (C=O) groups is 2. The average molecular weight is 429 g/mol. The summed E-state index contributed by atoms with van der Waals surface area (Å²) in [5.41, 5.74) is -0.280. The number of benzene rings is 1. The van der Waals surface area contributed by atoms with Gasteiger partial charge < -0.3 is 4.74 Å². The summed E-state index contributed by atoms with van der Waals surface area (Å²) in [6.07, 6.45) is 0.824. The van der Waals surface area contributed by atoms with Crippen LogP contribution < -0.4 is 4.90 Å². The second-order valence-electron chi connectivity index (χ2n) is 8.66. The molecular formula is C23H28FN3O4. The summed E-state index contributed by atoms with van der Waals surface area (Å²) in [4.78, 5) is 43.0. The van der Waals surface area contributed by atoms with Crippen molar-refractivity contribution in [1.29, 1.82) is 0 Å². The zero-order chi connectivity index (χ0) is 23.3. The normalized spacial score (nSPS) is 13.4. The average Bonchev–Trinajstić information content (AvgIpc) is 2.68. The molecule has 0 bridgehead atoms. The van der Waals surface area contributed by atoms with Crippen molar-refractivity contribution in [2.45, 2.75) is 59.2 Å². The lowest BCUT2D eigenvalue weighted by Crippen LogP contribution is -2.45. The molecule has 0 saturated heterocycles. The number of amides is 1. The smallest absolute Gasteiger partial charge is 0.416 e. The largest absolute Gasteiger partial charge is 0.443 e. The third kappa shape index (κ3) is 6.16. The van der Waals surface area contributed by atoms with Crippen LogP contribution in [0.2, 0.25) is 0 Å². The Kier molecular flexibility index (Phi) is 7.60. The molecule has 166 valence electrons. The number of Topliss-reactive ketones (excluding diaryl/α,β-unsaturated/α-hetero) is 1. The number of nitrogens with zero attached hydrogens (tertiary/aromatic N) is 3. The number of pyridine rings is 1. The van der Waals surface area contributed by atoms with E-state index >= 15 is 0 Å². The number of rotatable bonds is 7. The Morgan fingerprint density at radius 1 is 1.10 bits per heavy atom. The van der Waals surface area contributed by atoms with Crippen molar-refractivity contribution >= 4 is 17.7 Å². The standard InChI is InChI=1S/C23H28FN3O4/c1-14(2)15(3)27(22(29)31-23(4,5)6)19-13-17(11-12-25-19)20(26-30)21(28)16-7-9-18(24)10-8-16/h7-15,20H,1-6H3. The van der Waals surface area contributed by atoms with Gasteiger partial charge in [0.25, 0.3) is 0 Å². The molecule has 31 heavy (non-hydrogen) atoms. The van der Waals surface area contributed by atoms with Crippen LogP contribution in [0.1, 0.15) is 63.5 Å². The summed E-state index contributed by atoms with van der Waals surface area (Å²) in [7, 11) is 0. The van der Waals surface area contributed by atoms with Crippen LogP contribution in [-0.2, 0) is 4.74 Å². The van der Waals surface area contributed by atoms with Gasteiger partial charge in [-0.2, -0.15) is 0 Å². The van der Waals surface area contributed by atoms with Gasteiger partial charge in [-0.15, -0.1) is 4.91 Å². The maximum atomic E-state index is 13.2. The molecule has 8 heteroatoms. The van der Waals surface area contributed by atoms with E-state index in [1.54, 1.807) is 20.8 Å². The lowest BCUT2D eigenvalue weighted by atomic mass is 9.98. The molecule has 0 aliphatic heterocycles. The molecule has 1 aromatic carbocycles. The lowest BCUT2D eigenvalue weighted by molar-refractivity contribution is 0.0558. The number of aromatic nitrogens is 1. The minimum Gasteiger partial charge on any atom is -0.443 e. The molecule has 1 aromatic heterocycles. The van der Waals surface area contributed by atoms with Crippen molar-refractivity contribution < 1.29 is 18.7 Å². The molecule has 1 heterocycles. The zero-order valence-electron chi connectivity index (χ0n) is 18.6. The van der Waals surface area contributed by atoms with Crippen LogP contribution in [-0.4, -0.2) is 28.5 Å². The zero-order valence-corrected chi connectivity index (χ0v) is 18.6. The van der Waals surface area contributed by atoms with Gasteiger partial charge in [0.15, 0.2) is 11.8 Å². The molecule has 0 aliphatic carbocycles. The van der Waals surface area contributed by atoms with Gasteiger partial charge in [0.05, 0.1) is 0 Å². The third-order valence-electron chi connectivity index (χ3n) is 4.78. The molecule has 7 nitrogen and oxygen atoms in total. The molecule has 2 aromatic rings. The van der Waals surface area contributed by atoms with Gasteiger partial charge in [-0.1, -0.05) is 19.0 Å². The number of halogens is 1. The van der Waals surface area contributed by atoms with Gasteiger partial charge in [-0.05, 0) is 75.6 Å². The maximum Gasteiger partial charge on any atom is 0.416 e. The van der Waals surface area contributed by atoms with E-state index < -0.39 is 29.3 Å². The van der Waals surface area contributed by atoms with E-state index in [4.69, 9.17) is 4.74 Å². The van der Waals surface area contributed by atoms with Crippen molar-refractivity contribution in [3.8, 4) is 0 Å². The van der Waals surface area contributed by atoms with Crippen LogP contribution in [0, 0.1) is 16.6 Å². The van der Waals surface area contributed by atoms with Crippen molar-refractivity contribution in [2.24, 2.45) is 11.1 Å². The monoisotopic (exact) mass is 429 g/mol. The molecule has 0 aliphatic rings. The van der Waals surface area contributed by atoms with Crippen LogP contribution in [0.3, 0.4) is 0 Å². The molecule has 2 unspecified atom stereocenters. The van der Waals surface area contributed by atoms with Gasteiger partial charge in [-0.25, -0.2) is 14.2 Å². The second-order valence-corrected chi connectivity index (χ2v) is 8.66.